The molecule has 2 aromatic carbocycles. The number of rotatable bonds is 7. The van der Waals surface area contributed by atoms with Crippen LogP contribution in [0.5, 0.6) is 0 Å². The lowest BCUT2D eigenvalue weighted by molar-refractivity contribution is 0.0696. The first kappa shape index (κ1) is 17.2. The van der Waals surface area contributed by atoms with Gasteiger partial charge in [-0.15, -0.1) is 0 Å². The smallest absolute Gasteiger partial charge is 0.335 e. The highest BCUT2D eigenvalue weighted by Crippen LogP contribution is 2.20. The quantitative estimate of drug-likeness (QED) is 0.825. The number of benzene rings is 2. The Morgan fingerprint density at radius 2 is 1.83 bits per heavy atom. The molecule has 0 heterocycles. The molecule has 122 valence electrons. The highest BCUT2D eigenvalue weighted by molar-refractivity contribution is 5.87. The fraction of sp³-hybridized carbons (Fsp3) is 0.316. The molecule has 4 heteroatoms. The third-order valence-electron chi connectivity index (χ3n) is 4.22. The van der Waals surface area contributed by atoms with Crippen LogP contribution < -0.4 is 0 Å². The lowest BCUT2D eigenvalue weighted by Gasteiger charge is -2.29. The molecule has 2 aromatic rings. The second-order valence-electron chi connectivity index (χ2n) is 5.83. The van der Waals surface area contributed by atoms with Crippen LogP contribution in [0.15, 0.2) is 54.6 Å². The zero-order valence-electron chi connectivity index (χ0n) is 13.5. The van der Waals surface area contributed by atoms with Gasteiger partial charge in [0.05, 0.1) is 11.7 Å². The van der Waals surface area contributed by atoms with Gasteiger partial charge in [0.1, 0.15) is 0 Å². The maximum absolute atomic E-state index is 11.0. The van der Waals surface area contributed by atoms with Crippen LogP contribution in [0, 0.1) is 0 Å². The zero-order chi connectivity index (χ0) is 16.8. The standard InChI is InChI=1S/C19H23NO3/c1-14(18(21)16-8-4-3-5-9-16)20(2)12-11-15-7-6-10-17(13-15)19(22)23/h3-10,13-14,18,21H,11-12H2,1-2H3,(H,22,23)/t14-,18-/m1/s1. The van der Waals surface area contributed by atoms with Crippen molar-refractivity contribution in [2.75, 3.05) is 13.6 Å². The van der Waals surface area contributed by atoms with E-state index in [0.717, 1.165) is 24.1 Å². The number of hydrogen-bond acceptors (Lipinski definition) is 3. The molecule has 2 rings (SSSR count). The van der Waals surface area contributed by atoms with Gasteiger partial charge in [0, 0.05) is 12.6 Å². The van der Waals surface area contributed by atoms with Gasteiger partial charge in [0.2, 0.25) is 0 Å². The van der Waals surface area contributed by atoms with Crippen LogP contribution in [0.3, 0.4) is 0 Å². The van der Waals surface area contributed by atoms with E-state index in [-0.39, 0.29) is 6.04 Å². The van der Waals surface area contributed by atoms with E-state index < -0.39 is 12.1 Å². The van der Waals surface area contributed by atoms with E-state index in [4.69, 9.17) is 5.11 Å². The summed E-state index contributed by atoms with van der Waals surface area (Å²) in [6.07, 6.45) is 0.190. The molecule has 0 bridgehead atoms. The Balaban J connectivity index is 1.95. The third-order valence-corrected chi connectivity index (χ3v) is 4.22. The number of carbonyl (C=O) groups is 1. The van der Waals surface area contributed by atoms with E-state index in [1.165, 1.54) is 0 Å². The van der Waals surface area contributed by atoms with Gasteiger partial charge in [-0.3, -0.25) is 0 Å². The lowest BCUT2D eigenvalue weighted by Crippen LogP contribution is -2.35. The van der Waals surface area contributed by atoms with Gasteiger partial charge in [-0.05, 0) is 43.7 Å². The lowest BCUT2D eigenvalue weighted by atomic mass is 10.0. The van der Waals surface area contributed by atoms with Gasteiger partial charge < -0.3 is 15.1 Å². The predicted octanol–water partition coefficient (Wildman–Crippen LogP) is 2.98. The summed E-state index contributed by atoms with van der Waals surface area (Å²) in [6, 6.07) is 16.6. The van der Waals surface area contributed by atoms with Crippen molar-refractivity contribution in [1.82, 2.24) is 4.90 Å². The number of aliphatic hydroxyl groups excluding tert-OH is 1. The minimum atomic E-state index is -0.909. The molecule has 2 N–H and O–H groups in total. The van der Waals surface area contributed by atoms with Gasteiger partial charge >= 0.3 is 5.97 Å². The molecular formula is C19H23NO3. The van der Waals surface area contributed by atoms with Crippen LogP contribution in [-0.2, 0) is 6.42 Å². The summed E-state index contributed by atoms with van der Waals surface area (Å²) in [5, 5.41) is 19.5. The molecule has 0 amide bonds. The summed E-state index contributed by atoms with van der Waals surface area (Å²) >= 11 is 0. The number of hydrogen-bond donors (Lipinski definition) is 2. The van der Waals surface area contributed by atoms with Crippen LogP contribution in [0.2, 0.25) is 0 Å². The zero-order valence-corrected chi connectivity index (χ0v) is 13.5. The van der Waals surface area contributed by atoms with Gasteiger partial charge in [-0.25, -0.2) is 4.79 Å². The van der Waals surface area contributed by atoms with Crippen LogP contribution in [-0.4, -0.2) is 40.7 Å². The number of likely N-dealkylation sites (N-methyl/N-ethyl adjacent to an activating group) is 1. The third kappa shape index (κ3) is 4.65. The van der Waals surface area contributed by atoms with Gasteiger partial charge in [-0.1, -0.05) is 42.5 Å². The summed E-state index contributed by atoms with van der Waals surface area (Å²) in [5.74, 6) is -0.909. The molecule has 0 radical (unpaired) electrons. The first-order chi connectivity index (χ1) is 11.0. The van der Waals surface area contributed by atoms with Gasteiger partial charge in [0.15, 0.2) is 0 Å². The van der Waals surface area contributed by atoms with Gasteiger partial charge in [-0.2, -0.15) is 0 Å². The fourth-order valence-corrected chi connectivity index (χ4v) is 2.54. The average molecular weight is 313 g/mol. The SMILES string of the molecule is C[C@H]([C@@H](O)c1ccccc1)N(C)CCc1cccc(C(=O)O)c1. The average Bonchev–Trinajstić information content (AvgIpc) is 2.59. The number of carboxylic acids is 1. The number of aliphatic hydroxyl groups is 1. The molecule has 0 saturated carbocycles. The molecule has 2 atom stereocenters. The monoisotopic (exact) mass is 313 g/mol. The summed E-state index contributed by atoms with van der Waals surface area (Å²) in [4.78, 5) is 13.1. The van der Waals surface area contributed by atoms with Crippen LogP contribution in [0.4, 0.5) is 0 Å². The van der Waals surface area contributed by atoms with Crippen molar-refractivity contribution in [3.05, 3.63) is 71.3 Å². The fourth-order valence-electron chi connectivity index (χ4n) is 2.54. The molecule has 0 aromatic heterocycles. The number of nitrogens with zero attached hydrogens (tertiary/aromatic N) is 1. The molecule has 0 aliphatic heterocycles. The van der Waals surface area contributed by atoms with Crippen LogP contribution in [0.25, 0.3) is 0 Å². The Kier molecular flexibility index (Phi) is 5.90. The second kappa shape index (κ2) is 7.90. The van der Waals surface area contributed by atoms with Crippen molar-refractivity contribution in [1.29, 1.82) is 0 Å². The minimum Gasteiger partial charge on any atom is -0.478 e. The summed E-state index contributed by atoms with van der Waals surface area (Å²) in [7, 11) is 1.97. The molecule has 0 fully saturated rings. The van der Waals surface area contributed by atoms with E-state index in [9.17, 15) is 9.90 Å². The maximum atomic E-state index is 11.0. The minimum absolute atomic E-state index is 0.0277. The van der Waals surface area contributed by atoms with Crippen molar-refractivity contribution >= 4 is 5.97 Å². The van der Waals surface area contributed by atoms with Gasteiger partial charge in [0.25, 0.3) is 0 Å². The van der Waals surface area contributed by atoms with Crippen molar-refractivity contribution < 1.29 is 15.0 Å². The Bertz CT molecular complexity index is 642. The molecule has 0 unspecified atom stereocenters. The molecule has 4 nitrogen and oxygen atoms in total. The van der Waals surface area contributed by atoms with E-state index in [1.54, 1.807) is 18.2 Å². The van der Waals surface area contributed by atoms with Crippen LogP contribution >= 0.6 is 0 Å². The largest absolute Gasteiger partial charge is 0.478 e. The highest BCUT2D eigenvalue weighted by Gasteiger charge is 2.20. The van der Waals surface area contributed by atoms with Crippen molar-refractivity contribution in [3.8, 4) is 0 Å². The first-order valence-electron chi connectivity index (χ1n) is 7.74. The Labute approximate surface area is 137 Å². The molecule has 23 heavy (non-hydrogen) atoms. The molecule has 0 saturated heterocycles. The maximum Gasteiger partial charge on any atom is 0.335 e. The van der Waals surface area contributed by atoms with E-state index >= 15 is 0 Å². The Morgan fingerprint density at radius 3 is 2.48 bits per heavy atom. The molecule has 0 spiro atoms. The van der Waals surface area contributed by atoms with E-state index in [0.29, 0.717) is 5.56 Å². The van der Waals surface area contributed by atoms with E-state index in [1.807, 2.05) is 50.4 Å². The normalized spacial score (nSPS) is 13.7. The summed E-state index contributed by atoms with van der Waals surface area (Å²) in [6.45, 7) is 2.74. The number of aromatic carboxylic acids is 1. The van der Waals surface area contributed by atoms with Crippen LogP contribution in [0.1, 0.15) is 34.5 Å². The Morgan fingerprint density at radius 1 is 1.13 bits per heavy atom. The highest BCUT2D eigenvalue weighted by atomic mass is 16.4. The molecule has 0 aliphatic rings. The summed E-state index contributed by atoms with van der Waals surface area (Å²) in [5.41, 5.74) is 2.19. The number of carboxylic acid groups (broad SMARTS) is 1. The Hall–Kier alpha value is -2.17. The van der Waals surface area contributed by atoms with E-state index in [2.05, 4.69) is 4.90 Å². The second-order valence-corrected chi connectivity index (χ2v) is 5.83. The van der Waals surface area contributed by atoms with Crippen molar-refractivity contribution in [2.45, 2.75) is 25.5 Å². The molecular weight excluding hydrogens is 290 g/mol. The summed E-state index contributed by atoms with van der Waals surface area (Å²) < 4.78 is 0. The predicted molar refractivity (Wildman–Crippen MR) is 90.6 cm³/mol. The van der Waals surface area contributed by atoms with Crippen molar-refractivity contribution in [2.24, 2.45) is 0 Å². The topological polar surface area (TPSA) is 60.8 Å². The molecule has 0 aliphatic carbocycles. The first-order valence-corrected chi connectivity index (χ1v) is 7.74. The van der Waals surface area contributed by atoms with Crippen molar-refractivity contribution in [3.63, 3.8) is 0 Å².